The first-order chi connectivity index (χ1) is 2.77. The summed E-state index contributed by atoms with van der Waals surface area (Å²) in [7, 11) is 0. The van der Waals surface area contributed by atoms with Crippen LogP contribution in [0.2, 0.25) is 0 Å². The average molecular weight is 104 g/mol. The second-order valence-electron chi connectivity index (χ2n) is 1.03. The number of hydrazine groups is 2. The summed E-state index contributed by atoms with van der Waals surface area (Å²) in [6.07, 6.45) is 0. The normalized spacial score (nSPS) is 8.57. The van der Waals surface area contributed by atoms with Gasteiger partial charge in [0.1, 0.15) is 0 Å². The van der Waals surface area contributed by atoms with Gasteiger partial charge < -0.3 is 5.73 Å². The van der Waals surface area contributed by atoms with Gasteiger partial charge in [-0.15, -0.1) is 0 Å². The highest BCUT2D eigenvalue weighted by Crippen LogP contribution is 1.52. The number of hydrogen-bond donors (Lipinski definition) is 3. The molecule has 0 rings (SSSR count). The molecule has 0 aromatic heterocycles. The van der Waals surface area contributed by atoms with E-state index in [1.54, 1.807) is 0 Å². The quantitative estimate of drug-likeness (QED) is 0.196. The van der Waals surface area contributed by atoms with Crippen LogP contribution in [0.1, 0.15) is 0 Å². The van der Waals surface area contributed by atoms with Gasteiger partial charge in [0.15, 0.2) is 0 Å². The number of nitrogens with two attached hydrogens (primary N) is 3. The summed E-state index contributed by atoms with van der Waals surface area (Å²) < 4.78 is 0. The molecule has 4 nitrogen and oxygen atoms in total. The van der Waals surface area contributed by atoms with Crippen molar-refractivity contribution in [3.63, 3.8) is 0 Å². The molecule has 0 unspecified atom stereocenters. The van der Waals surface area contributed by atoms with Crippen LogP contribution in [-0.2, 0) is 0 Å². The largest absolute Gasteiger partial charge is 0.329 e. The second-order valence-corrected chi connectivity index (χ2v) is 1.03. The molecule has 0 aliphatic heterocycles. The molecule has 0 bridgehead atoms. The van der Waals surface area contributed by atoms with E-state index in [0.29, 0.717) is 13.1 Å². The third-order valence-electron chi connectivity index (χ3n) is 0.387. The first-order valence-electron chi connectivity index (χ1n) is 1.74. The third-order valence-corrected chi connectivity index (χ3v) is 0.387. The molecular formula is C2H13BN4. The molecule has 0 atom stereocenters. The molecule has 44 valence electrons. The van der Waals surface area contributed by atoms with Gasteiger partial charge in [-0.05, 0) is 0 Å². The van der Waals surface area contributed by atoms with Gasteiger partial charge in [0.2, 0.25) is 0 Å². The molecule has 0 heterocycles. The zero-order valence-electron chi connectivity index (χ0n) is 3.59. The number of nitrogens with zero attached hydrogens (tertiary/aromatic N) is 1. The molecule has 0 saturated heterocycles. The van der Waals surface area contributed by atoms with Crippen LogP contribution in [0.3, 0.4) is 0 Å². The highest BCUT2D eigenvalue weighted by atomic mass is 15.6. The second kappa shape index (κ2) is 5.90. The topological polar surface area (TPSA) is 81.3 Å². The Morgan fingerprint density at radius 2 is 1.71 bits per heavy atom. The minimum Gasteiger partial charge on any atom is -0.329 e. The molecule has 0 spiro atoms. The lowest BCUT2D eigenvalue weighted by Crippen LogP contribution is -2.41. The van der Waals surface area contributed by atoms with Crippen LogP contribution in [0.25, 0.3) is 0 Å². The molecule has 0 aromatic carbocycles. The molecule has 7 heavy (non-hydrogen) atoms. The van der Waals surface area contributed by atoms with Gasteiger partial charge in [0, 0.05) is 13.1 Å². The molecule has 0 saturated carbocycles. The van der Waals surface area contributed by atoms with E-state index < -0.39 is 0 Å². The lowest BCUT2D eigenvalue weighted by Gasteiger charge is -2.03. The zero-order valence-corrected chi connectivity index (χ0v) is 3.59. The fraction of sp³-hybridized carbons (Fsp3) is 1.00. The Labute approximate surface area is 45.1 Å². The molecule has 0 radical (unpaired) electrons. The smallest absolute Gasteiger partial charge is 0.0814 e. The van der Waals surface area contributed by atoms with E-state index in [2.05, 4.69) is 0 Å². The van der Waals surface area contributed by atoms with Gasteiger partial charge in [0.05, 0.1) is 8.41 Å². The van der Waals surface area contributed by atoms with E-state index in [4.69, 9.17) is 17.4 Å². The van der Waals surface area contributed by atoms with Gasteiger partial charge in [-0.1, -0.05) is 0 Å². The van der Waals surface area contributed by atoms with Crippen molar-refractivity contribution in [1.82, 2.24) is 5.12 Å². The molecule has 0 fully saturated rings. The van der Waals surface area contributed by atoms with Gasteiger partial charge in [-0.2, -0.15) is 5.12 Å². The van der Waals surface area contributed by atoms with Crippen molar-refractivity contribution >= 4 is 8.41 Å². The Balaban J connectivity index is 0. The monoisotopic (exact) mass is 104 g/mol. The Bertz CT molecular complexity index is 30.9. The maximum Gasteiger partial charge on any atom is 0.0814 e. The maximum absolute atomic E-state index is 5.03. The minimum absolute atomic E-state index is 0. The van der Waals surface area contributed by atoms with Crippen LogP contribution >= 0.6 is 0 Å². The first-order valence-corrected chi connectivity index (χ1v) is 1.74. The van der Waals surface area contributed by atoms with Crippen molar-refractivity contribution in [2.24, 2.45) is 17.4 Å². The molecule has 5 heteroatoms. The van der Waals surface area contributed by atoms with Crippen molar-refractivity contribution in [3.8, 4) is 0 Å². The summed E-state index contributed by atoms with van der Waals surface area (Å²) in [5, 5.41) is 1.06. The highest BCUT2D eigenvalue weighted by molar-refractivity contribution is 5.75. The van der Waals surface area contributed by atoms with Crippen molar-refractivity contribution in [3.05, 3.63) is 0 Å². The van der Waals surface area contributed by atoms with E-state index in [1.165, 1.54) is 0 Å². The summed E-state index contributed by atoms with van der Waals surface area (Å²) >= 11 is 0. The predicted octanol–water partition coefficient (Wildman–Crippen LogP) is -3.19. The summed E-state index contributed by atoms with van der Waals surface area (Å²) in [5.41, 5.74) is 5.03. The molecular weight excluding hydrogens is 90.9 g/mol. The summed E-state index contributed by atoms with van der Waals surface area (Å²) in [5.74, 6) is 9.87. The fourth-order valence-corrected chi connectivity index (χ4v) is 0.149. The Kier molecular flexibility index (Phi) is 8.44. The fourth-order valence-electron chi connectivity index (χ4n) is 0.149. The van der Waals surface area contributed by atoms with Crippen molar-refractivity contribution in [2.75, 3.05) is 13.1 Å². The molecule has 0 amide bonds. The van der Waals surface area contributed by atoms with Crippen molar-refractivity contribution in [1.29, 1.82) is 0 Å². The lowest BCUT2D eigenvalue weighted by atomic mass is 10.7. The van der Waals surface area contributed by atoms with Crippen molar-refractivity contribution in [2.45, 2.75) is 0 Å². The average Bonchev–Trinajstić information content (AvgIpc) is 1.35. The van der Waals surface area contributed by atoms with Crippen LogP contribution in [0.4, 0.5) is 0 Å². The van der Waals surface area contributed by atoms with Crippen molar-refractivity contribution < 1.29 is 0 Å². The summed E-state index contributed by atoms with van der Waals surface area (Å²) in [4.78, 5) is 0. The van der Waals surface area contributed by atoms with Gasteiger partial charge in [0.25, 0.3) is 0 Å². The van der Waals surface area contributed by atoms with Crippen LogP contribution in [0.15, 0.2) is 0 Å². The van der Waals surface area contributed by atoms with Crippen LogP contribution in [0, 0.1) is 0 Å². The van der Waals surface area contributed by atoms with E-state index in [-0.39, 0.29) is 8.41 Å². The zero-order chi connectivity index (χ0) is 4.99. The van der Waals surface area contributed by atoms with Gasteiger partial charge >= 0.3 is 0 Å². The van der Waals surface area contributed by atoms with Gasteiger partial charge in [-0.3, -0.25) is 11.7 Å². The standard InChI is InChI=1S/C2H10N4.BH3/c3-1-2-6(4)5;/h1-5H2;1H3. The molecule has 0 aliphatic rings. The third kappa shape index (κ3) is 10.7. The summed E-state index contributed by atoms with van der Waals surface area (Å²) in [6.45, 7) is 1.05. The van der Waals surface area contributed by atoms with Crippen LogP contribution in [-0.4, -0.2) is 26.6 Å². The molecule has 0 aromatic rings. The predicted molar refractivity (Wildman–Crippen MR) is 34.1 cm³/mol. The Morgan fingerprint density at radius 3 is 1.71 bits per heavy atom. The van der Waals surface area contributed by atoms with Crippen LogP contribution in [0.5, 0.6) is 0 Å². The maximum atomic E-state index is 5.03. The van der Waals surface area contributed by atoms with E-state index in [9.17, 15) is 0 Å². The number of rotatable bonds is 2. The van der Waals surface area contributed by atoms with Crippen LogP contribution < -0.4 is 17.4 Å². The lowest BCUT2D eigenvalue weighted by molar-refractivity contribution is 0.303. The first kappa shape index (κ1) is 10.0. The minimum atomic E-state index is 0. The Morgan fingerprint density at radius 1 is 1.29 bits per heavy atom. The molecule has 0 aliphatic carbocycles. The Hall–Kier alpha value is -0.0951. The van der Waals surface area contributed by atoms with Gasteiger partial charge in [-0.25, -0.2) is 0 Å². The SMILES string of the molecule is B.NCCN(N)N. The highest BCUT2D eigenvalue weighted by Gasteiger charge is 1.80. The summed E-state index contributed by atoms with van der Waals surface area (Å²) in [6, 6.07) is 0. The number of hydrogen-bond acceptors (Lipinski definition) is 4. The van der Waals surface area contributed by atoms with E-state index in [0.717, 1.165) is 5.12 Å². The van der Waals surface area contributed by atoms with E-state index in [1.807, 2.05) is 0 Å². The molecule has 6 N–H and O–H groups in total. The van der Waals surface area contributed by atoms with E-state index >= 15 is 0 Å².